The van der Waals surface area contributed by atoms with Gasteiger partial charge in [-0.05, 0) is 11.0 Å². The summed E-state index contributed by atoms with van der Waals surface area (Å²) in [6, 6.07) is 5.89. The van der Waals surface area contributed by atoms with Gasteiger partial charge in [-0.3, -0.25) is 0 Å². The molecule has 3 heteroatoms. The molecular formula is C8H9BO2. The van der Waals surface area contributed by atoms with E-state index in [1.54, 1.807) is 0 Å². The van der Waals surface area contributed by atoms with Crippen molar-refractivity contribution in [1.82, 2.24) is 0 Å². The Morgan fingerprint density at radius 3 is 3.18 bits per heavy atom. The Morgan fingerprint density at radius 2 is 2.36 bits per heavy atom. The molecule has 0 atom stereocenters. The number of para-hydroxylation sites is 1. The first kappa shape index (κ1) is 6.74. The van der Waals surface area contributed by atoms with Gasteiger partial charge in [-0.15, -0.1) is 0 Å². The molecule has 2 nitrogen and oxygen atoms in total. The molecule has 2 rings (SSSR count). The molecule has 0 aromatic heterocycles. The maximum absolute atomic E-state index is 8.92. The predicted octanol–water partition coefficient (Wildman–Crippen LogP) is -0.409. The van der Waals surface area contributed by atoms with Crippen LogP contribution in [0.2, 0.25) is 0 Å². The number of hydrogen-bond donors (Lipinski definition) is 1. The van der Waals surface area contributed by atoms with Gasteiger partial charge in [0.15, 0.2) is 0 Å². The second-order valence-corrected chi connectivity index (χ2v) is 2.66. The highest BCUT2D eigenvalue weighted by molar-refractivity contribution is 6.47. The zero-order valence-electron chi connectivity index (χ0n) is 6.21. The molecule has 1 aliphatic rings. The third-order valence-electron chi connectivity index (χ3n) is 1.97. The van der Waals surface area contributed by atoms with E-state index in [1.807, 2.05) is 18.2 Å². The Hall–Kier alpha value is -0.955. The lowest BCUT2D eigenvalue weighted by Gasteiger charge is -2.02. The van der Waals surface area contributed by atoms with Crippen LogP contribution >= 0.6 is 0 Å². The third-order valence-corrected chi connectivity index (χ3v) is 1.97. The van der Waals surface area contributed by atoms with Gasteiger partial charge in [0.2, 0.25) is 0 Å². The van der Waals surface area contributed by atoms with E-state index in [2.05, 4.69) is 0 Å². The van der Waals surface area contributed by atoms with Crippen LogP contribution in [0.15, 0.2) is 18.2 Å². The Morgan fingerprint density at radius 1 is 1.45 bits per heavy atom. The predicted molar refractivity (Wildman–Crippen MR) is 44.6 cm³/mol. The van der Waals surface area contributed by atoms with Gasteiger partial charge in [-0.1, -0.05) is 18.2 Å². The van der Waals surface area contributed by atoms with Gasteiger partial charge in [0.25, 0.3) is 0 Å². The van der Waals surface area contributed by atoms with E-state index in [0.29, 0.717) is 0 Å². The topological polar surface area (TPSA) is 29.5 Å². The Kier molecular flexibility index (Phi) is 1.58. The smallest absolute Gasteiger partial charge is 0.308 e. The van der Waals surface area contributed by atoms with Crippen LogP contribution in [-0.4, -0.2) is 19.1 Å². The quantitative estimate of drug-likeness (QED) is 0.548. The molecule has 0 saturated heterocycles. The van der Waals surface area contributed by atoms with E-state index < -0.39 is 0 Å². The molecule has 1 aromatic carbocycles. The first-order valence-corrected chi connectivity index (χ1v) is 3.76. The normalized spacial score (nSPS) is 13.9. The van der Waals surface area contributed by atoms with Crippen molar-refractivity contribution in [3.05, 3.63) is 23.8 Å². The maximum Gasteiger partial charge on any atom is 0.308 e. The minimum absolute atomic E-state index is 0.0726. The standard InChI is InChI=1S/C8H9BO2/c10-9-7-3-1-2-6-4-5-11-8(6)7/h1-3,9-10H,4-5H2. The highest BCUT2D eigenvalue weighted by atomic mass is 16.5. The van der Waals surface area contributed by atoms with Crippen molar-refractivity contribution in [3.8, 4) is 5.75 Å². The second kappa shape index (κ2) is 2.59. The second-order valence-electron chi connectivity index (χ2n) is 2.66. The summed E-state index contributed by atoms with van der Waals surface area (Å²) in [5, 5.41) is 8.92. The van der Waals surface area contributed by atoms with Crippen molar-refractivity contribution in [2.45, 2.75) is 6.42 Å². The van der Waals surface area contributed by atoms with E-state index in [1.165, 1.54) is 5.56 Å². The summed E-state index contributed by atoms with van der Waals surface area (Å²) in [4.78, 5) is 0. The van der Waals surface area contributed by atoms with Crippen LogP contribution in [0.3, 0.4) is 0 Å². The van der Waals surface area contributed by atoms with Gasteiger partial charge in [0.1, 0.15) is 5.75 Å². The molecule has 1 heterocycles. The molecule has 1 aromatic rings. The average Bonchev–Trinajstić information content (AvgIpc) is 2.50. The fourth-order valence-electron chi connectivity index (χ4n) is 1.41. The number of rotatable bonds is 1. The molecule has 1 N–H and O–H groups in total. The van der Waals surface area contributed by atoms with E-state index in [-0.39, 0.29) is 7.48 Å². The van der Waals surface area contributed by atoms with Crippen LogP contribution < -0.4 is 10.2 Å². The van der Waals surface area contributed by atoms with Gasteiger partial charge in [0, 0.05) is 6.42 Å². The number of fused-ring (bicyclic) bond motifs is 1. The minimum atomic E-state index is 0.0726. The molecule has 56 valence electrons. The zero-order chi connectivity index (χ0) is 7.68. The summed E-state index contributed by atoms with van der Waals surface area (Å²) in [7, 11) is 0.0726. The summed E-state index contributed by atoms with van der Waals surface area (Å²) in [5.74, 6) is 0.898. The van der Waals surface area contributed by atoms with Crippen molar-refractivity contribution in [1.29, 1.82) is 0 Å². The molecule has 0 fully saturated rings. The van der Waals surface area contributed by atoms with Crippen LogP contribution in [0.5, 0.6) is 5.75 Å². The molecule has 0 aliphatic carbocycles. The van der Waals surface area contributed by atoms with Crippen molar-refractivity contribution in [2.75, 3.05) is 6.61 Å². The Labute approximate surface area is 66.1 Å². The van der Waals surface area contributed by atoms with Crippen LogP contribution in [-0.2, 0) is 6.42 Å². The molecule has 0 spiro atoms. The first-order valence-electron chi connectivity index (χ1n) is 3.76. The van der Waals surface area contributed by atoms with Crippen molar-refractivity contribution in [3.63, 3.8) is 0 Å². The summed E-state index contributed by atoms with van der Waals surface area (Å²) in [6.45, 7) is 0.756. The molecule has 0 saturated carbocycles. The Balaban J connectivity index is 2.50. The Bertz CT molecular complexity index is 273. The van der Waals surface area contributed by atoms with E-state index in [4.69, 9.17) is 9.76 Å². The van der Waals surface area contributed by atoms with Crippen molar-refractivity contribution >= 4 is 12.9 Å². The number of ether oxygens (including phenoxy) is 1. The van der Waals surface area contributed by atoms with Gasteiger partial charge in [0.05, 0.1) is 6.61 Å². The van der Waals surface area contributed by atoms with Crippen LogP contribution in [0.25, 0.3) is 0 Å². The lowest BCUT2D eigenvalue weighted by molar-refractivity contribution is 0.359. The summed E-state index contributed by atoms with van der Waals surface area (Å²) in [6.07, 6.45) is 0.975. The van der Waals surface area contributed by atoms with Gasteiger partial charge in [-0.25, -0.2) is 0 Å². The minimum Gasteiger partial charge on any atom is -0.493 e. The van der Waals surface area contributed by atoms with Gasteiger partial charge in [-0.2, -0.15) is 0 Å². The molecule has 1 aliphatic heterocycles. The highest BCUT2D eigenvalue weighted by Crippen LogP contribution is 2.21. The third kappa shape index (κ3) is 1.01. The fraction of sp³-hybridized carbons (Fsp3) is 0.250. The average molecular weight is 148 g/mol. The molecule has 0 bridgehead atoms. The summed E-state index contributed by atoms with van der Waals surface area (Å²) >= 11 is 0. The molecule has 0 unspecified atom stereocenters. The van der Waals surface area contributed by atoms with E-state index in [0.717, 1.165) is 24.2 Å². The first-order chi connectivity index (χ1) is 5.42. The number of benzene rings is 1. The van der Waals surface area contributed by atoms with Crippen LogP contribution in [0.1, 0.15) is 5.56 Å². The van der Waals surface area contributed by atoms with E-state index >= 15 is 0 Å². The molecular weight excluding hydrogens is 139 g/mol. The monoisotopic (exact) mass is 148 g/mol. The van der Waals surface area contributed by atoms with Gasteiger partial charge < -0.3 is 9.76 Å². The summed E-state index contributed by atoms with van der Waals surface area (Å²) in [5.41, 5.74) is 2.12. The maximum atomic E-state index is 8.92. The SMILES string of the molecule is OBc1cccc2c1OCC2. The number of hydrogen-bond acceptors (Lipinski definition) is 2. The fourth-order valence-corrected chi connectivity index (χ4v) is 1.41. The zero-order valence-corrected chi connectivity index (χ0v) is 6.21. The lowest BCUT2D eigenvalue weighted by atomic mass is 9.86. The van der Waals surface area contributed by atoms with Crippen LogP contribution in [0.4, 0.5) is 0 Å². The molecule has 0 radical (unpaired) electrons. The molecule has 11 heavy (non-hydrogen) atoms. The van der Waals surface area contributed by atoms with E-state index in [9.17, 15) is 0 Å². The van der Waals surface area contributed by atoms with Crippen LogP contribution in [0, 0.1) is 0 Å². The largest absolute Gasteiger partial charge is 0.493 e. The molecule has 0 amide bonds. The van der Waals surface area contributed by atoms with Crippen molar-refractivity contribution in [2.24, 2.45) is 0 Å². The van der Waals surface area contributed by atoms with Gasteiger partial charge >= 0.3 is 7.48 Å². The highest BCUT2D eigenvalue weighted by Gasteiger charge is 2.14. The summed E-state index contributed by atoms with van der Waals surface area (Å²) < 4.78 is 5.36. The van der Waals surface area contributed by atoms with Crippen molar-refractivity contribution < 1.29 is 9.76 Å². The lowest BCUT2D eigenvalue weighted by Crippen LogP contribution is -2.15.